The molecular formula is C22H28N2O3S. The normalized spacial score (nSPS) is 31.8. The van der Waals surface area contributed by atoms with E-state index in [-0.39, 0.29) is 11.0 Å². The van der Waals surface area contributed by atoms with Gasteiger partial charge in [-0.25, -0.2) is 12.7 Å². The summed E-state index contributed by atoms with van der Waals surface area (Å²) in [5.41, 5.74) is 1.47. The summed E-state index contributed by atoms with van der Waals surface area (Å²) in [5.74, 6) is 2.42. The van der Waals surface area contributed by atoms with Crippen molar-refractivity contribution in [2.75, 3.05) is 13.6 Å². The molecule has 4 bridgehead atoms. The van der Waals surface area contributed by atoms with E-state index >= 15 is 0 Å². The van der Waals surface area contributed by atoms with Crippen molar-refractivity contribution in [2.24, 2.45) is 23.2 Å². The maximum atomic E-state index is 13.3. The van der Waals surface area contributed by atoms with Gasteiger partial charge < -0.3 is 4.98 Å². The highest BCUT2D eigenvalue weighted by Gasteiger charge is 2.51. The Balaban J connectivity index is 1.45. The number of rotatable bonds is 4. The molecule has 4 saturated carbocycles. The van der Waals surface area contributed by atoms with E-state index in [4.69, 9.17) is 0 Å². The van der Waals surface area contributed by atoms with Gasteiger partial charge in [-0.3, -0.25) is 4.79 Å². The van der Waals surface area contributed by atoms with E-state index in [0.29, 0.717) is 17.0 Å². The predicted molar refractivity (Wildman–Crippen MR) is 110 cm³/mol. The molecule has 4 aliphatic rings. The molecule has 5 nitrogen and oxygen atoms in total. The first-order valence-corrected chi connectivity index (χ1v) is 11.8. The number of hydrogen-bond acceptors (Lipinski definition) is 3. The van der Waals surface area contributed by atoms with Gasteiger partial charge in [-0.05, 0) is 92.4 Å². The highest BCUT2D eigenvalue weighted by atomic mass is 32.2. The summed E-state index contributed by atoms with van der Waals surface area (Å²) in [4.78, 5) is 14.7. The third kappa shape index (κ3) is 2.92. The second kappa shape index (κ2) is 6.17. The van der Waals surface area contributed by atoms with Crippen LogP contribution < -0.4 is 5.56 Å². The molecule has 2 aromatic rings. The van der Waals surface area contributed by atoms with E-state index in [1.165, 1.54) is 44.6 Å². The number of hydrogen-bond donors (Lipinski definition) is 1. The zero-order valence-electron chi connectivity index (χ0n) is 16.6. The number of sulfonamides is 1. The minimum absolute atomic E-state index is 0.167. The number of aromatic amines is 1. The van der Waals surface area contributed by atoms with Gasteiger partial charge in [0, 0.05) is 30.6 Å². The number of nitrogens with one attached hydrogen (secondary N) is 1. The Labute approximate surface area is 166 Å². The van der Waals surface area contributed by atoms with Crippen molar-refractivity contribution in [1.82, 2.24) is 9.29 Å². The molecule has 6 rings (SSSR count). The van der Waals surface area contributed by atoms with Crippen molar-refractivity contribution >= 4 is 20.9 Å². The average molecular weight is 401 g/mol. The Kier molecular flexibility index (Phi) is 4.05. The van der Waals surface area contributed by atoms with Crippen LogP contribution in [0.2, 0.25) is 0 Å². The van der Waals surface area contributed by atoms with Gasteiger partial charge >= 0.3 is 0 Å². The first-order valence-electron chi connectivity index (χ1n) is 10.3. The van der Waals surface area contributed by atoms with Crippen LogP contribution in [0.4, 0.5) is 0 Å². The lowest BCUT2D eigenvalue weighted by Gasteiger charge is -2.57. The molecule has 0 unspecified atom stereocenters. The van der Waals surface area contributed by atoms with E-state index in [1.807, 2.05) is 6.92 Å². The largest absolute Gasteiger partial charge is 0.322 e. The topological polar surface area (TPSA) is 70.2 Å². The van der Waals surface area contributed by atoms with Crippen LogP contribution in [-0.4, -0.2) is 31.3 Å². The van der Waals surface area contributed by atoms with Crippen molar-refractivity contribution in [3.05, 3.63) is 40.2 Å². The summed E-state index contributed by atoms with van der Waals surface area (Å²) in [5, 5.41) is 0.781. The van der Waals surface area contributed by atoms with Gasteiger partial charge in [0.2, 0.25) is 15.6 Å². The fourth-order valence-corrected chi connectivity index (χ4v) is 8.09. The van der Waals surface area contributed by atoms with Crippen molar-refractivity contribution in [1.29, 1.82) is 0 Å². The number of benzene rings is 1. The van der Waals surface area contributed by atoms with Crippen LogP contribution in [0, 0.1) is 30.1 Å². The fraction of sp³-hybridized carbons (Fsp3) is 0.591. The molecule has 4 aliphatic carbocycles. The van der Waals surface area contributed by atoms with Gasteiger partial charge in [0.1, 0.15) is 0 Å². The van der Waals surface area contributed by atoms with Crippen LogP contribution in [-0.2, 0) is 10.0 Å². The van der Waals surface area contributed by atoms with Gasteiger partial charge in [-0.2, -0.15) is 0 Å². The lowest BCUT2D eigenvalue weighted by Crippen LogP contribution is -2.51. The second-order valence-electron chi connectivity index (χ2n) is 9.70. The van der Waals surface area contributed by atoms with Crippen molar-refractivity contribution in [3.8, 4) is 0 Å². The van der Waals surface area contributed by atoms with Crippen LogP contribution in [0.3, 0.4) is 0 Å². The summed E-state index contributed by atoms with van der Waals surface area (Å²) in [6, 6.07) is 6.53. The Bertz CT molecular complexity index is 1070. The van der Waals surface area contributed by atoms with Crippen LogP contribution in [0.25, 0.3) is 10.9 Å². The van der Waals surface area contributed by atoms with Gasteiger partial charge in [0.25, 0.3) is 0 Å². The highest BCUT2D eigenvalue weighted by molar-refractivity contribution is 7.89. The molecule has 0 aliphatic heterocycles. The molecule has 150 valence electrons. The quantitative estimate of drug-likeness (QED) is 0.851. The lowest BCUT2D eigenvalue weighted by atomic mass is 9.49. The number of aryl methyl sites for hydroxylation is 1. The number of aromatic nitrogens is 1. The molecule has 28 heavy (non-hydrogen) atoms. The molecule has 0 radical (unpaired) electrons. The molecule has 6 heteroatoms. The fourth-order valence-electron chi connectivity index (χ4n) is 6.78. The third-order valence-corrected chi connectivity index (χ3v) is 9.25. The van der Waals surface area contributed by atoms with Crippen LogP contribution in [0.5, 0.6) is 0 Å². The molecule has 1 heterocycles. The molecule has 1 N–H and O–H groups in total. The molecule has 0 spiro atoms. The smallest absolute Gasteiger partial charge is 0.248 e. The van der Waals surface area contributed by atoms with E-state index < -0.39 is 10.0 Å². The number of pyridine rings is 1. The highest BCUT2D eigenvalue weighted by Crippen LogP contribution is 2.60. The lowest BCUT2D eigenvalue weighted by molar-refractivity contribution is -0.0583. The zero-order chi connectivity index (χ0) is 19.7. The summed E-state index contributed by atoms with van der Waals surface area (Å²) in [7, 11) is -1.83. The monoisotopic (exact) mass is 400 g/mol. The number of fused-ring (bicyclic) bond motifs is 1. The number of nitrogens with zero attached hydrogens (tertiary/aromatic N) is 1. The van der Waals surface area contributed by atoms with Gasteiger partial charge in [-0.15, -0.1) is 0 Å². The molecule has 1 aromatic carbocycles. The summed E-state index contributed by atoms with van der Waals surface area (Å²) >= 11 is 0. The van der Waals surface area contributed by atoms with E-state index in [0.717, 1.165) is 28.7 Å². The minimum atomic E-state index is -3.56. The van der Waals surface area contributed by atoms with E-state index in [1.54, 1.807) is 29.6 Å². The van der Waals surface area contributed by atoms with Crippen molar-refractivity contribution in [2.45, 2.75) is 50.3 Å². The Morgan fingerprint density at radius 1 is 1.07 bits per heavy atom. The van der Waals surface area contributed by atoms with Gasteiger partial charge in [0.05, 0.1) is 4.90 Å². The van der Waals surface area contributed by atoms with Gasteiger partial charge in [0.15, 0.2) is 0 Å². The predicted octanol–water partition coefficient (Wildman–Crippen LogP) is 3.67. The second-order valence-corrected chi connectivity index (χ2v) is 11.7. The Morgan fingerprint density at radius 3 is 2.29 bits per heavy atom. The van der Waals surface area contributed by atoms with Crippen LogP contribution in [0.1, 0.15) is 44.1 Å². The van der Waals surface area contributed by atoms with Crippen molar-refractivity contribution in [3.63, 3.8) is 0 Å². The average Bonchev–Trinajstić information content (AvgIpc) is 2.59. The molecule has 0 amide bonds. The molecule has 0 atom stereocenters. The van der Waals surface area contributed by atoms with E-state index in [9.17, 15) is 13.2 Å². The SMILES string of the molecule is Cc1cc(=O)[nH]c2ccc(S(=O)(=O)N(C)CC34CC5CC(CC(C5)C3)C4)cc12. The first kappa shape index (κ1) is 18.4. The number of H-pyrrole nitrogens is 1. The van der Waals surface area contributed by atoms with Crippen LogP contribution in [0.15, 0.2) is 34.0 Å². The molecular weight excluding hydrogens is 372 g/mol. The van der Waals surface area contributed by atoms with E-state index in [2.05, 4.69) is 4.98 Å². The summed E-state index contributed by atoms with van der Waals surface area (Å²) < 4.78 is 28.3. The summed E-state index contributed by atoms with van der Waals surface area (Å²) in [6.45, 7) is 2.47. The first-order chi connectivity index (χ1) is 13.2. The standard InChI is InChI=1S/C22H28N2O3S/c1-14-5-21(25)23-20-4-3-18(9-19(14)20)28(26,27)24(2)13-22-10-15-6-16(11-22)8-17(7-15)12-22/h3-5,9,15-17H,6-8,10-13H2,1-2H3,(H,23,25). The maximum absolute atomic E-state index is 13.3. The molecule has 1 aromatic heterocycles. The Morgan fingerprint density at radius 2 is 1.68 bits per heavy atom. The van der Waals surface area contributed by atoms with Crippen molar-refractivity contribution < 1.29 is 8.42 Å². The van der Waals surface area contributed by atoms with Crippen LogP contribution >= 0.6 is 0 Å². The maximum Gasteiger partial charge on any atom is 0.248 e. The molecule has 4 fully saturated rings. The Hall–Kier alpha value is -1.66. The molecule has 0 saturated heterocycles. The van der Waals surface area contributed by atoms with Gasteiger partial charge in [-0.1, -0.05) is 0 Å². The zero-order valence-corrected chi connectivity index (χ0v) is 17.4. The summed E-state index contributed by atoms with van der Waals surface area (Å²) in [6.07, 6.45) is 7.65. The minimum Gasteiger partial charge on any atom is -0.322 e. The third-order valence-electron chi connectivity index (χ3n) is 7.45.